The molecule has 0 aromatic carbocycles. The lowest BCUT2D eigenvalue weighted by Crippen LogP contribution is -2.50. The first-order valence-corrected chi connectivity index (χ1v) is 9.47. The van der Waals surface area contributed by atoms with Crippen molar-refractivity contribution in [3.8, 4) is 0 Å². The fourth-order valence-corrected chi connectivity index (χ4v) is 3.88. The minimum Gasteiger partial charge on any atom is -0.384 e. The fourth-order valence-electron chi connectivity index (χ4n) is 3.88. The molecule has 0 aliphatic carbocycles. The number of unbranched alkanes of at least 4 members (excludes halogenated alkanes) is 1. The monoisotopic (exact) mass is 452 g/mol. The third-order valence-corrected chi connectivity index (χ3v) is 5.24. The SMILES string of the molecule is CCCCN1CCCCC1CNC(=NC)N1CCC(COC)C1.I. The van der Waals surface area contributed by atoms with E-state index < -0.39 is 0 Å². The Bertz CT molecular complexity index is 367. The topological polar surface area (TPSA) is 40.1 Å². The third kappa shape index (κ3) is 6.67. The zero-order valence-corrected chi connectivity index (χ0v) is 18.1. The second-order valence-corrected chi connectivity index (χ2v) is 7.02. The molecule has 142 valence electrons. The predicted octanol–water partition coefficient (Wildman–Crippen LogP) is 2.80. The Morgan fingerprint density at radius 1 is 1.25 bits per heavy atom. The van der Waals surface area contributed by atoms with Crippen molar-refractivity contribution in [3.05, 3.63) is 0 Å². The van der Waals surface area contributed by atoms with Crippen molar-refractivity contribution in [2.45, 2.75) is 51.5 Å². The van der Waals surface area contributed by atoms with E-state index in [0.717, 1.165) is 32.2 Å². The van der Waals surface area contributed by atoms with Crippen molar-refractivity contribution in [1.29, 1.82) is 0 Å². The number of likely N-dealkylation sites (tertiary alicyclic amines) is 2. The molecule has 2 saturated heterocycles. The summed E-state index contributed by atoms with van der Waals surface area (Å²) in [6, 6.07) is 0.671. The van der Waals surface area contributed by atoms with Gasteiger partial charge in [0, 0.05) is 45.8 Å². The number of halogens is 1. The van der Waals surface area contributed by atoms with E-state index in [1.165, 1.54) is 51.6 Å². The standard InChI is InChI=1S/C18H36N4O.HI/c1-4-5-10-21-11-7-6-8-17(21)13-20-18(19-2)22-12-9-16(14-22)15-23-3;/h16-17H,4-15H2,1-3H3,(H,19,20);1H. The molecule has 0 saturated carbocycles. The zero-order valence-electron chi connectivity index (χ0n) is 15.8. The minimum absolute atomic E-state index is 0. The van der Waals surface area contributed by atoms with Crippen LogP contribution in [0.15, 0.2) is 4.99 Å². The number of guanidine groups is 1. The second kappa shape index (κ2) is 12.3. The maximum absolute atomic E-state index is 5.30. The summed E-state index contributed by atoms with van der Waals surface area (Å²) in [7, 11) is 3.70. The number of hydrogen-bond acceptors (Lipinski definition) is 3. The minimum atomic E-state index is 0. The molecule has 0 amide bonds. The lowest BCUT2D eigenvalue weighted by Gasteiger charge is -2.36. The number of aliphatic imine (C=N–C) groups is 1. The second-order valence-electron chi connectivity index (χ2n) is 7.02. The largest absolute Gasteiger partial charge is 0.384 e. The highest BCUT2D eigenvalue weighted by molar-refractivity contribution is 14.0. The Morgan fingerprint density at radius 2 is 2.08 bits per heavy atom. The number of rotatable bonds is 7. The van der Waals surface area contributed by atoms with Gasteiger partial charge in [0.15, 0.2) is 5.96 Å². The van der Waals surface area contributed by atoms with E-state index in [1.54, 1.807) is 7.11 Å². The van der Waals surface area contributed by atoms with Crippen molar-refractivity contribution in [1.82, 2.24) is 15.1 Å². The molecule has 0 spiro atoms. The highest BCUT2D eigenvalue weighted by Gasteiger charge is 2.26. The number of hydrogen-bond donors (Lipinski definition) is 1. The van der Waals surface area contributed by atoms with E-state index in [1.807, 2.05) is 7.05 Å². The highest BCUT2D eigenvalue weighted by Crippen LogP contribution is 2.18. The van der Waals surface area contributed by atoms with Crippen LogP contribution in [-0.4, -0.2) is 75.3 Å². The van der Waals surface area contributed by atoms with E-state index in [0.29, 0.717) is 12.0 Å². The normalized spacial score (nSPS) is 25.6. The third-order valence-electron chi connectivity index (χ3n) is 5.24. The molecule has 2 fully saturated rings. The van der Waals surface area contributed by atoms with Gasteiger partial charge < -0.3 is 15.0 Å². The molecule has 2 aliphatic heterocycles. The summed E-state index contributed by atoms with van der Waals surface area (Å²) >= 11 is 0. The first-order chi connectivity index (χ1) is 11.3. The van der Waals surface area contributed by atoms with Crippen LogP contribution in [-0.2, 0) is 4.74 Å². The number of piperidine rings is 1. The van der Waals surface area contributed by atoms with Gasteiger partial charge in [-0.25, -0.2) is 0 Å². The van der Waals surface area contributed by atoms with Gasteiger partial charge >= 0.3 is 0 Å². The van der Waals surface area contributed by atoms with Crippen molar-refractivity contribution in [2.24, 2.45) is 10.9 Å². The molecule has 0 aromatic rings. The van der Waals surface area contributed by atoms with Gasteiger partial charge in [0.05, 0.1) is 6.61 Å². The van der Waals surface area contributed by atoms with Gasteiger partial charge in [0.1, 0.15) is 0 Å². The van der Waals surface area contributed by atoms with E-state index in [2.05, 4.69) is 27.0 Å². The maximum atomic E-state index is 5.30. The summed E-state index contributed by atoms with van der Waals surface area (Å²) in [4.78, 5) is 9.59. The summed E-state index contributed by atoms with van der Waals surface area (Å²) in [5.74, 6) is 1.72. The quantitative estimate of drug-likeness (QED) is 0.367. The molecule has 24 heavy (non-hydrogen) atoms. The number of nitrogens with zero attached hydrogens (tertiary/aromatic N) is 3. The zero-order chi connectivity index (χ0) is 16.5. The molecule has 2 heterocycles. The number of methoxy groups -OCH3 is 1. The summed E-state index contributed by atoms with van der Waals surface area (Å²) < 4.78 is 5.30. The molecule has 5 nitrogen and oxygen atoms in total. The van der Waals surface area contributed by atoms with Gasteiger partial charge in [0.25, 0.3) is 0 Å². The predicted molar refractivity (Wildman–Crippen MR) is 112 cm³/mol. The van der Waals surface area contributed by atoms with Gasteiger partial charge in [0.2, 0.25) is 0 Å². The van der Waals surface area contributed by atoms with Crippen molar-refractivity contribution in [2.75, 3.05) is 53.5 Å². The van der Waals surface area contributed by atoms with E-state index in [9.17, 15) is 0 Å². The van der Waals surface area contributed by atoms with Crippen molar-refractivity contribution >= 4 is 29.9 Å². The molecule has 2 rings (SSSR count). The summed E-state index contributed by atoms with van der Waals surface area (Å²) in [5.41, 5.74) is 0. The maximum Gasteiger partial charge on any atom is 0.193 e. The Kier molecular flexibility index (Phi) is 11.3. The van der Waals surface area contributed by atoms with E-state index in [-0.39, 0.29) is 24.0 Å². The Balaban J connectivity index is 0.00000288. The van der Waals surface area contributed by atoms with Crippen LogP contribution >= 0.6 is 24.0 Å². The number of ether oxygens (including phenoxy) is 1. The highest BCUT2D eigenvalue weighted by atomic mass is 127. The molecule has 2 unspecified atom stereocenters. The van der Waals surface area contributed by atoms with Crippen LogP contribution in [0, 0.1) is 5.92 Å². The average molecular weight is 452 g/mol. The molecule has 2 atom stereocenters. The van der Waals surface area contributed by atoms with Crippen molar-refractivity contribution in [3.63, 3.8) is 0 Å². The lowest BCUT2D eigenvalue weighted by molar-refractivity contribution is 0.146. The molecule has 6 heteroatoms. The van der Waals surface area contributed by atoms with Crippen LogP contribution < -0.4 is 5.32 Å². The Morgan fingerprint density at radius 3 is 2.79 bits per heavy atom. The summed E-state index contributed by atoms with van der Waals surface area (Å²) in [5, 5.41) is 3.64. The molecule has 0 aromatic heterocycles. The summed E-state index contributed by atoms with van der Waals surface area (Å²) in [6.07, 6.45) is 7.86. The Hall–Kier alpha value is -0.0800. The van der Waals surface area contributed by atoms with Gasteiger partial charge in [-0.05, 0) is 38.8 Å². The van der Waals surface area contributed by atoms with Gasteiger partial charge in [-0.3, -0.25) is 9.89 Å². The van der Waals surface area contributed by atoms with Crippen molar-refractivity contribution < 1.29 is 4.74 Å². The smallest absolute Gasteiger partial charge is 0.193 e. The van der Waals surface area contributed by atoms with E-state index in [4.69, 9.17) is 4.74 Å². The van der Waals surface area contributed by atoms with Crippen LogP contribution in [0.3, 0.4) is 0 Å². The van der Waals surface area contributed by atoms with Crippen LogP contribution in [0.2, 0.25) is 0 Å². The molecular weight excluding hydrogens is 415 g/mol. The lowest BCUT2D eigenvalue weighted by atomic mass is 10.0. The molecular formula is C18H37IN4O. The Labute approximate surface area is 165 Å². The van der Waals surface area contributed by atoms with E-state index >= 15 is 0 Å². The number of nitrogens with one attached hydrogen (secondary N) is 1. The summed E-state index contributed by atoms with van der Waals surface area (Å²) in [6.45, 7) is 8.85. The van der Waals surface area contributed by atoms with Crippen LogP contribution in [0.25, 0.3) is 0 Å². The average Bonchev–Trinajstić information content (AvgIpc) is 3.03. The fraction of sp³-hybridized carbons (Fsp3) is 0.944. The molecule has 0 radical (unpaired) electrons. The van der Waals surface area contributed by atoms with Gasteiger partial charge in [-0.2, -0.15) is 0 Å². The van der Waals surface area contributed by atoms with Gasteiger partial charge in [-0.1, -0.05) is 19.8 Å². The first-order valence-electron chi connectivity index (χ1n) is 9.47. The van der Waals surface area contributed by atoms with Crippen LogP contribution in [0.5, 0.6) is 0 Å². The van der Waals surface area contributed by atoms with Gasteiger partial charge in [-0.15, -0.1) is 24.0 Å². The first kappa shape index (κ1) is 22.0. The van der Waals surface area contributed by atoms with Crippen LogP contribution in [0.4, 0.5) is 0 Å². The molecule has 0 bridgehead atoms. The molecule has 1 N–H and O–H groups in total. The van der Waals surface area contributed by atoms with Crippen LogP contribution in [0.1, 0.15) is 45.4 Å². The molecule has 2 aliphatic rings.